The van der Waals surface area contributed by atoms with Crippen molar-refractivity contribution >= 4 is 46.1 Å². The van der Waals surface area contributed by atoms with Crippen molar-refractivity contribution in [3.05, 3.63) is 52.5 Å². The Morgan fingerprint density at radius 3 is 2.42 bits per heavy atom. The molecule has 214 valence electrons. The largest absolute Gasteiger partial charge is 0.403 e. The van der Waals surface area contributed by atoms with Gasteiger partial charge in [-0.05, 0) is 61.6 Å². The fraction of sp³-hybridized carbons (Fsp3) is 0.444. The molecule has 13 heteroatoms. The number of alkyl halides is 5. The summed E-state index contributed by atoms with van der Waals surface area (Å²) in [6.45, 7) is -0.109. The first-order valence-corrected chi connectivity index (χ1v) is 13.2. The van der Waals surface area contributed by atoms with Gasteiger partial charge in [-0.25, -0.2) is 13.8 Å². The predicted molar refractivity (Wildman–Crippen MR) is 140 cm³/mol. The predicted octanol–water partition coefficient (Wildman–Crippen LogP) is 6.24. The van der Waals surface area contributed by atoms with Gasteiger partial charge in [-0.1, -0.05) is 17.7 Å². The molecule has 3 aromatic rings. The fourth-order valence-electron chi connectivity index (χ4n) is 4.92. The maximum atomic E-state index is 13.4. The summed E-state index contributed by atoms with van der Waals surface area (Å²) in [4.78, 5) is 29.5. The smallest absolute Gasteiger partial charge is 0.351 e. The van der Waals surface area contributed by atoms with Crippen LogP contribution in [-0.4, -0.2) is 39.5 Å². The van der Waals surface area contributed by atoms with Crippen molar-refractivity contribution in [1.82, 2.24) is 20.2 Å². The van der Waals surface area contributed by atoms with Crippen molar-refractivity contribution in [3.8, 4) is 0 Å². The van der Waals surface area contributed by atoms with E-state index >= 15 is 0 Å². The molecule has 0 saturated heterocycles. The molecule has 2 amide bonds. The zero-order valence-electron chi connectivity index (χ0n) is 21.5. The molecule has 1 heterocycles. The number of aryl methyl sites for hydroxylation is 1. The quantitative estimate of drug-likeness (QED) is 0.288. The molecule has 0 unspecified atom stereocenters. The van der Waals surface area contributed by atoms with Crippen LogP contribution in [0.4, 0.5) is 33.6 Å². The van der Waals surface area contributed by atoms with E-state index in [4.69, 9.17) is 11.6 Å². The van der Waals surface area contributed by atoms with E-state index in [1.54, 1.807) is 48.0 Å². The number of aromatic nitrogens is 2. The summed E-state index contributed by atoms with van der Waals surface area (Å²) in [6, 6.07) is 9.43. The van der Waals surface area contributed by atoms with Crippen molar-refractivity contribution in [2.75, 3.05) is 5.32 Å². The summed E-state index contributed by atoms with van der Waals surface area (Å²) in [5, 5.41) is 8.63. The van der Waals surface area contributed by atoms with Crippen LogP contribution in [0.2, 0.25) is 5.02 Å². The summed E-state index contributed by atoms with van der Waals surface area (Å²) in [7, 11) is 1.75. The van der Waals surface area contributed by atoms with Crippen molar-refractivity contribution in [3.63, 3.8) is 0 Å². The van der Waals surface area contributed by atoms with Crippen LogP contribution in [0.25, 0.3) is 11.0 Å². The molecule has 3 N–H and O–H groups in total. The number of rotatable bonds is 7. The zero-order valence-corrected chi connectivity index (χ0v) is 22.2. The molecular weight excluding hydrogens is 557 g/mol. The molecule has 0 aliphatic heterocycles. The molecule has 40 heavy (non-hydrogen) atoms. The van der Waals surface area contributed by atoms with Crippen LogP contribution in [0.15, 0.2) is 36.4 Å². The number of hydrogen-bond acceptors (Lipinski definition) is 4. The first-order valence-electron chi connectivity index (χ1n) is 12.8. The van der Waals surface area contributed by atoms with E-state index in [0.29, 0.717) is 38.8 Å². The Hall–Kier alpha value is -3.41. The summed E-state index contributed by atoms with van der Waals surface area (Å²) >= 11 is 6.34. The van der Waals surface area contributed by atoms with Crippen LogP contribution >= 0.6 is 11.6 Å². The minimum Gasteiger partial charge on any atom is -0.351 e. The zero-order chi connectivity index (χ0) is 28.9. The van der Waals surface area contributed by atoms with Crippen LogP contribution in [-0.2, 0) is 18.4 Å². The van der Waals surface area contributed by atoms with Crippen molar-refractivity contribution in [2.45, 2.75) is 63.2 Å². The van der Waals surface area contributed by atoms with Gasteiger partial charge in [-0.15, -0.1) is 0 Å². The first kappa shape index (κ1) is 28.1. The van der Waals surface area contributed by atoms with Gasteiger partial charge in [0.2, 0.25) is 17.8 Å². The van der Waals surface area contributed by atoms with Crippen LogP contribution in [0.3, 0.4) is 0 Å². The number of nitrogens with one attached hydrogen (secondary N) is 3. The Kier molecular flexibility index (Phi) is 7.18. The van der Waals surface area contributed by atoms with Gasteiger partial charge < -0.3 is 20.5 Å². The molecule has 2 saturated carbocycles. The molecule has 0 bridgehead atoms. The van der Waals surface area contributed by atoms with Crippen molar-refractivity contribution < 1.29 is 31.5 Å². The third kappa shape index (κ3) is 5.59. The van der Waals surface area contributed by atoms with Gasteiger partial charge in [0.05, 0.1) is 21.7 Å². The topological polar surface area (TPSA) is 88.1 Å². The van der Waals surface area contributed by atoms with Gasteiger partial charge >= 0.3 is 6.18 Å². The number of halogens is 6. The van der Waals surface area contributed by atoms with Gasteiger partial charge in [-0.2, -0.15) is 13.2 Å². The lowest BCUT2D eigenvalue weighted by Gasteiger charge is -2.28. The number of fused-ring (bicyclic) bond motifs is 1. The molecule has 0 radical (unpaired) electrons. The van der Waals surface area contributed by atoms with E-state index in [0.717, 1.165) is 0 Å². The second-order valence-electron chi connectivity index (χ2n) is 10.5. The lowest BCUT2D eigenvalue weighted by atomic mass is 9.92. The summed E-state index contributed by atoms with van der Waals surface area (Å²) in [6.07, 6.45) is -5.10. The van der Waals surface area contributed by atoms with Gasteiger partial charge in [0, 0.05) is 38.0 Å². The van der Waals surface area contributed by atoms with E-state index < -0.39 is 23.4 Å². The molecule has 2 aliphatic carbocycles. The van der Waals surface area contributed by atoms with E-state index in [1.807, 2.05) is 0 Å². The number of carbonyl (C=O) groups is 2. The highest BCUT2D eigenvalue weighted by atomic mass is 35.5. The van der Waals surface area contributed by atoms with E-state index in [2.05, 4.69) is 20.9 Å². The molecule has 1 aromatic heterocycles. The van der Waals surface area contributed by atoms with Crippen molar-refractivity contribution in [2.24, 2.45) is 12.5 Å². The fourth-order valence-corrected chi connectivity index (χ4v) is 5.09. The number of benzene rings is 2. The monoisotopic (exact) mass is 583 g/mol. The second-order valence-corrected chi connectivity index (χ2v) is 10.9. The van der Waals surface area contributed by atoms with Crippen LogP contribution in [0.5, 0.6) is 0 Å². The minimum atomic E-state index is -4.59. The highest BCUT2D eigenvalue weighted by Crippen LogP contribution is 2.57. The Morgan fingerprint density at radius 2 is 1.77 bits per heavy atom. The standard InChI is InChI=1S/C27H27ClF5N5O2/c1-38-21-5-3-16(22(39)35-17-6-8-26(29,30)9-7-17)13-20(21)37-24(38)36-19-12-15(2-4-18(19)28)14-34-23(40)25(10-11-25)27(31,32)33/h2-5,12-13,17H,6-11,14H2,1H3,(H,34,40)(H,35,39)(H,36,37). The van der Waals surface area contributed by atoms with E-state index in [1.165, 1.54) is 0 Å². The number of nitrogens with zero attached hydrogens (tertiary/aromatic N) is 2. The Morgan fingerprint density at radius 1 is 1.07 bits per heavy atom. The third-order valence-electron chi connectivity index (χ3n) is 7.65. The lowest BCUT2D eigenvalue weighted by Crippen LogP contribution is -2.40. The first-order chi connectivity index (χ1) is 18.8. The van der Waals surface area contributed by atoms with E-state index in [9.17, 15) is 31.5 Å². The molecule has 0 atom stereocenters. The molecular formula is C27H27ClF5N5O2. The number of amides is 2. The van der Waals surface area contributed by atoms with Crippen LogP contribution in [0.1, 0.15) is 54.4 Å². The summed E-state index contributed by atoms with van der Waals surface area (Å²) in [5.74, 6) is -3.70. The van der Waals surface area contributed by atoms with Crippen LogP contribution in [0, 0.1) is 5.41 Å². The Balaban J connectivity index is 1.27. The molecule has 2 fully saturated rings. The highest BCUT2D eigenvalue weighted by molar-refractivity contribution is 6.33. The van der Waals surface area contributed by atoms with Gasteiger partial charge in [0.25, 0.3) is 5.91 Å². The van der Waals surface area contributed by atoms with Gasteiger partial charge in [-0.3, -0.25) is 9.59 Å². The molecule has 5 rings (SSSR count). The summed E-state index contributed by atoms with van der Waals surface area (Å²) in [5.41, 5.74) is 0.228. The molecule has 2 aromatic carbocycles. The Bertz CT molecular complexity index is 1460. The van der Waals surface area contributed by atoms with Gasteiger partial charge in [0.15, 0.2) is 0 Å². The van der Waals surface area contributed by atoms with Crippen molar-refractivity contribution in [1.29, 1.82) is 0 Å². The van der Waals surface area contributed by atoms with E-state index in [-0.39, 0.29) is 57.0 Å². The number of carbonyl (C=O) groups excluding carboxylic acids is 2. The number of imidazole rings is 1. The van der Waals surface area contributed by atoms with Gasteiger partial charge in [0.1, 0.15) is 5.41 Å². The molecule has 2 aliphatic rings. The maximum Gasteiger partial charge on any atom is 0.403 e. The minimum absolute atomic E-state index is 0.109. The lowest BCUT2D eigenvalue weighted by molar-refractivity contribution is -0.192. The average Bonchev–Trinajstić information content (AvgIpc) is 3.66. The maximum absolute atomic E-state index is 13.4. The molecule has 7 nitrogen and oxygen atoms in total. The average molecular weight is 584 g/mol. The summed E-state index contributed by atoms with van der Waals surface area (Å²) < 4.78 is 68.2. The molecule has 0 spiro atoms. The normalized spacial score (nSPS) is 18.4. The SMILES string of the molecule is Cn1c(Nc2cc(CNC(=O)C3(C(F)(F)F)CC3)ccc2Cl)nc2cc(C(=O)NC3CCC(F)(F)CC3)ccc21. The Labute approximate surface area is 231 Å². The number of hydrogen-bond donors (Lipinski definition) is 3. The second kappa shape index (κ2) is 10.2. The number of anilines is 2. The highest BCUT2D eigenvalue weighted by Gasteiger charge is 2.68. The van der Waals surface area contributed by atoms with Crippen LogP contribution < -0.4 is 16.0 Å². The third-order valence-corrected chi connectivity index (χ3v) is 7.98.